The number of aliphatic hydroxyl groups excluding tert-OH is 2. The number of aliphatic carboxylic acids is 1. The highest BCUT2D eigenvalue weighted by Gasteiger charge is 2.43. The standard InChI is InChI=1S/C66H97N21O16/c1-34(2)25-46(83-55(93)42(67)27-38-29-75-43-12-6-5-11-41(38)43)56(94)76-31-51(91)79-47(26-37-17-19-40(90)20-18-37)62(100)86-23-9-15-49(86)59(97)82-45(14-8-22-74-66(70)71)58(96)85-54(36(4)89)63(101)87-24-10-16-50(87)60(98)81-44(13-7-21-73-65(68)69)57(95)84-53(35(3)88)61(99)77-32-52(92)80-48(64(102)103)28-39-30-72-33-78-39/h5-6,11-12,17-20,29-30,33-36,42,44-50,53-54,75,88-90H,7-10,13-16,21-28,31-32,67H2,1-4H3,(H,72,78)(H,76,94)(H,77,99)(H,79,91)(H,80,92)(H,81,98)(H,82,97)(H,83,93)(H,84,95)(H,85,96)(H,102,103)(H4,68,69,73)(H4,70,71,74)/t35-,36-,42+,44+,45+,46+,47+,48+,49+,50+,53+,54+/m1/s1. The van der Waals surface area contributed by atoms with Crippen LogP contribution in [0.4, 0.5) is 0 Å². The lowest BCUT2D eigenvalue weighted by molar-refractivity contribution is -0.145. The molecule has 2 fully saturated rings. The number of amides is 11. The summed E-state index contributed by atoms with van der Waals surface area (Å²) >= 11 is 0. The van der Waals surface area contributed by atoms with Gasteiger partial charge in [-0.2, -0.15) is 0 Å². The first-order chi connectivity index (χ1) is 48.9. The van der Waals surface area contributed by atoms with E-state index in [1.807, 2.05) is 38.1 Å². The van der Waals surface area contributed by atoms with E-state index in [0.717, 1.165) is 28.3 Å². The van der Waals surface area contributed by atoms with E-state index in [-0.39, 0.29) is 127 Å². The zero-order valence-corrected chi connectivity index (χ0v) is 57.9. The Morgan fingerprint density at radius 2 is 1.13 bits per heavy atom. The van der Waals surface area contributed by atoms with Gasteiger partial charge in [-0.25, -0.2) is 9.78 Å². The number of rotatable bonds is 39. The fourth-order valence-electron chi connectivity index (χ4n) is 11.9. The third-order valence-corrected chi connectivity index (χ3v) is 17.2. The molecule has 0 radical (unpaired) electrons. The number of aliphatic hydroxyl groups is 2. The molecule has 0 saturated carbocycles. The molecule has 562 valence electrons. The van der Waals surface area contributed by atoms with Crippen molar-refractivity contribution < 1.29 is 78.0 Å². The third kappa shape index (κ3) is 25.0. The molecule has 0 aliphatic carbocycles. The number of aliphatic imine (C=N–C) groups is 2. The summed E-state index contributed by atoms with van der Waals surface area (Å²) in [6.07, 6.45) is 1.60. The SMILES string of the molecule is CC(C)C[C@H](NC(=O)[C@@H](N)Cc1c[nH]c2ccccc12)C(=O)NCC(=O)N[C@@H](Cc1ccc(O)cc1)C(=O)N1CCC[C@H]1C(=O)N[C@@H](CCCN=C(N)N)C(=O)N[C@H](C(=O)N1CCC[C@H]1C(=O)N[C@@H](CCCN=C(N)N)C(=O)N[C@H](C(=O)NCC(=O)N[C@@H](Cc1cnc[nH]1)C(=O)O)[C@@H](C)O)[C@@H](C)O. The van der Waals surface area contributed by atoms with E-state index in [4.69, 9.17) is 28.7 Å². The number of nitrogens with zero attached hydrogens (tertiary/aromatic N) is 5. The summed E-state index contributed by atoms with van der Waals surface area (Å²) in [5.41, 5.74) is 31.1. The average Bonchev–Trinajstić information content (AvgIpc) is 1.76. The Kier molecular flexibility index (Phi) is 30.9. The number of aromatic hydroxyl groups is 1. The maximum absolute atomic E-state index is 14.8. The van der Waals surface area contributed by atoms with Crippen molar-refractivity contribution in [1.82, 2.24) is 72.6 Å². The first-order valence-electron chi connectivity index (χ1n) is 33.9. The van der Waals surface area contributed by atoms with Gasteiger partial charge in [0.1, 0.15) is 60.1 Å². The Morgan fingerprint density at radius 1 is 0.592 bits per heavy atom. The molecule has 37 heteroatoms. The molecule has 4 heterocycles. The molecule has 37 nitrogen and oxygen atoms in total. The molecule has 12 atom stereocenters. The molecule has 0 unspecified atom stereocenters. The first kappa shape index (κ1) is 81.0. The van der Waals surface area contributed by atoms with Crippen molar-refractivity contribution in [3.05, 3.63) is 84.1 Å². The number of nitrogens with two attached hydrogens (primary N) is 5. The van der Waals surface area contributed by atoms with Gasteiger partial charge in [0.25, 0.3) is 0 Å². The highest BCUT2D eigenvalue weighted by atomic mass is 16.4. The predicted molar refractivity (Wildman–Crippen MR) is 373 cm³/mol. The molecular weight excluding hydrogens is 1340 g/mol. The van der Waals surface area contributed by atoms with Gasteiger partial charge >= 0.3 is 5.97 Å². The molecule has 25 N–H and O–H groups in total. The number of imidazole rings is 1. The number of guanidine groups is 2. The number of carboxylic acids is 1. The molecule has 103 heavy (non-hydrogen) atoms. The van der Waals surface area contributed by atoms with Gasteiger partial charge in [-0.15, -0.1) is 0 Å². The maximum Gasteiger partial charge on any atom is 0.326 e. The number of carboxylic acid groups (broad SMARTS) is 1. The Morgan fingerprint density at radius 3 is 1.65 bits per heavy atom. The number of aromatic amines is 2. The molecule has 0 bridgehead atoms. The molecule has 2 aromatic carbocycles. The summed E-state index contributed by atoms with van der Waals surface area (Å²) in [5, 5.41) is 65.2. The number of aromatic nitrogens is 3. The average molecular weight is 1440 g/mol. The highest BCUT2D eigenvalue weighted by Crippen LogP contribution is 2.24. The minimum atomic E-state index is -1.77. The minimum Gasteiger partial charge on any atom is -0.508 e. The van der Waals surface area contributed by atoms with Crippen LogP contribution in [-0.4, -0.2) is 240 Å². The van der Waals surface area contributed by atoms with Crippen LogP contribution in [0.1, 0.15) is 102 Å². The molecular formula is C66H97N21O16. The molecule has 0 spiro atoms. The van der Waals surface area contributed by atoms with Crippen molar-refractivity contribution in [3.63, 3.8) is 0 Å². The fraction of sp³-hybridized carbons (Fsp3) is 0.530. The van der Waals surface area contributed by atoms with Crippen LogP contribution in [0.15, 0.2) is 77.2 Å². The summed E-state index contributed by atoms with van der Waals surface area (Å²) in [5.74, 6) is -11.6. The van der Waals surface area contributed by atoms with Crippen molar-refractivity contribution >= 4 is 93.8 Å². The summed E-state index contributed by atoms with van der Waals surface area (Å²) in [6.45, 7) is 4.49. The number of phenols is 1. The van der Waals surface area contributed by atoms with Gasteiger partial charge in [0.15, 0.2) is 11.9 Å². The van der Waals surface area contributed by atoms with E-state index in [0.29, 0.717) is 11.3 Å². The van der Waals surface area contributed by atoms with E-state index in [2.05, 4.69) is 72.8 Å². The number of benzene rings is 2. The van der Waals surface area contributed by atoms with E-state index in [1.54, 1.807) is 6.20 Å². The van der Waals surface area contributed by atoms with E-state index < -0.39 is 157 Å². The molecule has 11 amide bonds. The number of para-hydroxylation sites is 1. The van der Waals surface area contributed by atoms with E-state index in [1.165, 1.54) is 48.6 Å². The summed E-state index contributed by atoms with van der Waals surface area (Å²) in [4.78, 5) is 186. The molecule has 4 aromatic rings. The van der Waals surface area contributed by atoms with Gasteiger partial charge in [-0.1, -0.05) is 44.2 Å². The van der Waals surface area contributed by atoms with E-state index in [9.17, 15) is 78.0 Å². The van der Waals surface area contributed by atoms with Crippen molar-refractivity contribution in [3.8, 4) is 5.75 Å². The molecule has 2 aliphatic heterocycles. The second-order valence-corrected chi connectivity index (χ2v) is 25.9. The lowest BCUT2D eigenvalue weighted by Gasteiger charge is -2.32. The van der Waals surface area contributed by atoms with Crippen LogP contribution in [0.25, 0.3) is 10.9 Å². The molecule has 2 aliphatic rings. The normalized spacial score (nSPS) is 17.1. The Labute approximate surface area is 593 Å². The molecule has 2 saturated heterocycles. The maximum atomic E-state index is 14.8. The molecule has 2 aromatic heterocycles. The fourth-order valence-corrected chi connectivity index (χ4v) is 11.9. The van der Waals surface area contributed by atoms with Crippen molar-refractivity contribution in [1.29, 1.82) is 0 Å². The van der Waals surface area contributed by atoms with Gasteiger partial charge in [-0.05, 0) is 113 Å². The number of carbonyl (C=O) groups excluding carboxylic acids is 11. The Bertz CT molecular complexity index is 3650. The summed E-state index contributed by atoms with van der Waals surface area (Å²) in [6, 6.07) is -0.691. The van der Waals surface area contributed by atoms with Crippen molar-refractivity contribution in [2.24, 2.45) is 44.6 Å². The number of phenolic OH excluding ortho intramolecular Hbond substituents is 1. The number of carbonyl (C=O) groups is 12. The van der Waals surface area contributed by atoms with Gasteiger partial charge in [0, 0.05) is 68.0 Å². The lowest BCUT2D eigenvalue weighted by Crippen LogP contribution is -2.62. The van der Waals surface area contributed by atoms with Crippen LogP contribution in [0.2, 0.25) is 0 Å². The van der Waals surface area contributed by atoms with Crippen LogP contribution < -0.4 is 76.5 Å². The van der Waals surface area contributed by atoms with E-state index >= 15 is 0 Å². The largest absolute Gasteiger partial charge is 0.508 e. The summed E-state index contributed by atoms with van der Waals surface area (Å²) < 4.78 is 0. The number of likely N-dealkylation sites (tertiary alicyclic amines) is 2. The van der Waals surface area contributed by atoms with Crippen molar-refractivity contribution in [2.45, 2.75) is 177 Å². The van der Waals surface area contributed by atoms with Crippen LogP contribution >= 0.6 is 0 Å². The quantitative estimate of drug-likeness (QED) is 0.0113. The van der Waals surface area contributed by atoms with Gasteiger partial charge in [0.05, 0.1) is 37.7 Å². The number of hydrogen-bond acceptors (Lipinski definition) is 19. The zero-order valence-electron chi connectivity index (χ0n) is 57.9. The van der Waals surface area contributed by atoms with Crippen LogP contribution in [0, 0.1) is 5.92 Å². The minimum absolute atomic E-state index is 0.0115. The monoisotopic (exact) mass is 1440 g/mol. The number of nitrogens with one attached hydrogen (secondary N) is 11. The van der Waals surface area contributed by atoms with Crippen LogP contribution in [-0.2, 0) is 76.8 Å². The predicted octanol–water partition coefficient (Wildman–Crippen LogP) is -5.44. The third-order valence-electron chi connectivity index (χ3n) is 17.2. The lowest BCUT2D eigenvalue weighted by atomic mass is 10.0. The van der Waals surface area contributed by atoms with Gasteiger partial charge < -0.3 is 117 Å². The Hall–Kier alpha value is -10.9. The zero-order chi connectivity index (χ0) is 75.6. The first-order valence-corrected chi connectivity index (χ1v) is 33.9. The van der Waals surface area contributed by atoms with Gasteiger partial charge in [-0.3, -0.25) is 62.7 Å². The summed E-state index contributed by atoms with van der Waals surface area (Å²) in [7, 11) is 0. The molecule has 6 rings (SSSR count). The second-order valence-electron chi connectivity index (χ2n) is 25.9. The smallest absolute Gasteiger partial charge is 0.326 e. The highest BCUT2D eigenvalue weighted by molar-refractivity contribution is 5.99. The van der Waals surface area contributed by atoms with Crippen molar-refractivity contribution in [2.75, 3.05) is 39.3 Å². The topological polar surface area (TPSA) is 600 Å². The Balaban J connectivity index is 1.13. The number of fused-ring (bicyclic) bond motifs is 1. The number of H-pyrrole nitrogens is 2. The van der Waals surface area contributed by atoms with Crippen LogP contribution in [0.5, 0.6) is 5.75 Å². The number of hydrogen-bond donors (Lipinski definition) is 20. The van der Waals surface area contributed by atoms with Gasteiger partial charge in [0.2, 0.25) is 65.0 Å². The second kappa shape index (κ2) is 39.3. The van der Waals surface area contributed by atoms with Crippen LogP contribution in [0.3, 0.4) is 0 Å².